The van der Waals surface area contributed by atoms with Gasteiger partial charge in [0.05, 0.1) is 12.5 Å². The van der Waals surface area contributed by atoms with Gasteiger partial charge in [-0.15, -0.1) is 0 Å². The minimum atomic E-state index is -0.780. The monoisotopic (exact) mass is 271 g/mol. The van der Waals surface area contributed by atoms with Crippen LogP contribution in [0.1, 0.15) is 26.7 Å². The molecule has 110 valence electrons. The minimum absolute atomic E-state index is 0.0200. The molecular formula is C13H25N3O3. The van der Waals surface area contributed by atoms with Crippen molar-refractivity contribution in [2.24, 2.45) is 11.7 Å². The summed E-state index contributed by atoms with van der Waals surface area (Å²) in [6.07, 6.45) is 0.860. The van der Waals surface area contributed by atoms with Crippen molar-refractivity contribution in [3.63, 3.8) is 0 Å². The highest BCUT2D eigenvalue weighted by atomic mass is 16.4. The summed E-state index contributed by atoms with van der Waals surface area (Å²) in [6, 6.07) is -0.412. The summed E-state index contributed by atoms with van der Waals surface area (Å²) in [6.45, 7) is 7.40. The van der Waals surface area contributed by atoms with Gasteiger partial charge in [-0.2, -0.15) is 0 Å². The van der Waals surface area contributed by atoms with Crippen LogP contribution in [0.2, 0.25) is 0 Å². The van der Waals surface area contributed by atoms with Crippen molar-refractivity contribution in [1.82, 2.24) is 9.80 Å². The molecule has 1 atom stereocenters. The second-order valence-corrected chi connectivity index (χ2v) is 5.55. The Morgan fingerprint density at radius 2 is 1.79 bits per heavy atom. The lowest BCUT2D eigenvalue weighted by atomic mass is 10.0. The summed E-state index contributed by atoms with van der Waals surface area (Å²) in [4.78, 5) is 26.5. The van der Waals surface area contributed by atoms with E-state index in [1.807, 2.05) is 0 Å². The zero-order chi connectivity index (χ0) is 14.4. The van der Waals surface area contributed by atoms with Gasteiger partial charge >= 0.3 is 5.97 Å². The number of carboxylic acid groups (broad SMARTS) is 1. The van der Waals surface area contributed by atoms with Gasteiger partial charge in [-0.25, -0.2) is 0 Å². The average molecular weight is 271 g/mol. The van der Waals surface area contributed by atoms with Crippen LogP contribution in [0, 0.1) is 5.92 Å². The van der Waals surface area contributed by atoms with Crippen LogP contribution >= 0.6 is 0 Å². The smallest absolute Gasteiger partial charge is 0.304 e. The van der Waals surface area contributed by atoms with E-state index in [2.05, 4.69) is 18.7 Å². The summed E-state index contributed by atoms with van der Waals surface area (Å²) in [5.41, 5.74) is 5.90. The Hall–Kier alpha value is -1.14. The number of nitrogens with two attached hydrogens (primary N) is 1. The highest BCUT2D eigenvalue weighted by Crippen LogP contribution is 2.09. The number of hydrogen-bond donors (Lipinski definition) is 2. The number of rotatable bonds is 6. The van der Waals surface area contributed by atoms with E-state index in [9.17, 15) is 9.59 Å². The van der Waals surface area contributed by atoms with E-state index in [4.69, 9.17) is 10.8 Å². The first-order chi connectivity index (χ1) is 8.90. The van der Waals surface area contributed by atoms with E-state index >= 15 is 0 Å². The minimum Gasteiger partial charge on any atom is -0.481 e. The van der Waals surface area contributed by atoms with Crippen LogP contribution in [0.25, 0.3) is 0 Å². The van der Waals surface area contributed by atoms with Crippen molar-refractivity contribution in [3.05, 3.63) is 0 Å². The molecule has 0 radical (unpaired) electrons. The van der Waals surface area contributed by atoms with Crippen molar-refractivity contribution in [2.75, 3.05) is 32.7 Å². The van der Waals surface area contributed by atoms with Crippen molar-refractivity contribution >= 4 is 11.9 Å². The Balaban J connectivity index is 2.32. The Labute approximate surface area is 114 Å². The van der Waals surface area contributed by atoms with Gasteiger partial charge < -0.3 is 15.7 Å². The molecule has 1 fully saturated rings. The van der Waals surface area contributed by atoms with Crippen molar-refractivity contribution in [2.45, 2.75) is 32.7 Å². The van der Waals surface area contributed by atoms with Gasteiger partial charge in [0.2, 0.25) is 5.91 Å². The second kappa shape index (κ2) is 7.45. The van der Waals surface area contributed by atoms with Crippen molar-refractivity contribution in [1.29, 1.82) is 0 Å². The fraction of sp³-hybridized carbons (Fsp3) is 0.846. The Morgan fingerprint density at radius 3 is 2.26 bits per heavy atom. The number of hydrogen-bond acceptors (Lipinski definition) is 4. The zero-order valence-electron chi connectivity index (χ0n) is 11.8. The first kappa shape index (κ1) is 15.9. The number of piperazine rings is 1. The van der Waals surface area contributed by atoms with Gasteiger partial charge in [-0.3, -0.25) is 14.5 Å². The summed E-state index contributed by atoms with van der Waals surface area (Å²) >= 11 is 0. The van der Waals surface area contributed by atoms with Crippen LogP contribution in [-0.2, 0) is 9.59 Å². The molecule has 1 aliphatic rings. The van der Waals surface area contributed by atoms with E-state index in [-0.39, 0.29) is 12.3 Å². The molecule has 1 aliphatic heterocycles. The van der Waals surface area contributed by atoms with Gasteiger partial charge in [0, 0.05) is 32.7 Å². The van der Waals surface area contributed by atoms with Gasteiger partial charge in [0.15, 0.2) is 0 Å². The van der Waals surface area contributed by atoms with Gasteiger partial charge in [0.1, 0.15) is 0 Å². The molecule has 0 bridgehead atoms. The predicted molar refractivity (Wildman–Crippen MR) is 72.7 cm³/mol. The standard InChI is InChI=1S/C13H25N3O3/c1-10(2)9-11(14)13(19)16-7-5-15(6-8-16)4-3-12(17)18/h10-11H,3-9,14H2,1-2H3,(H,17,18)/t11-/m1/s1. The molecule has 0 unspecified atom stereocenters. The lowest BCUT2D eigenvalue weighted by Crippen LogP contribution is -2.53. The number of carbonyl (C=O) groups excluding carboxylic acids is 1. The lowest BCUT2D eigenvalue weighted by molar-refractivity contribution is -0.138. The summed E-state index contributed by atoms with van der Waals surface area (Å²) in [5, 5.41) is 8.63. The average Bonchev–Trinajstić information content (AvgIpc) is 2.35. The van der Waals surface area contributed by atoms with Crippen LogP contribution in [-0.4, -0.2) is 65.5 Å². The first-order valence-electron chi connectivity index (χ1n) is 6.88. The Bertz CT molecular complexity index is 312. The van der Waals surface area contributed by atoms with Crippen molar-refractivity contribution in [3.8, 4) is 0 Å². The van der Waals surface area contributed by atoms with Crippen molar-refractivity contribution < 1.29 is 14.7 Å². The maximum atomic E-state index is 12.1. The van der Waals surface area contributed by atoms with Crippen LogP contribution < -0.4 is 5.73 Å². The van der Waals surface area contributed by atoms with Crippen LogP contribution in [0.5, 0.6) is 0 Å². The molecule has 3 N–H and O–H groups in total. The quantitative estimate of drug-likeness (QED) is 0.709. The van der Waals surface area contributed by atoms with Crippen LogP contribution in [0.4, 0.5) is 0 Å². The fourth-order valence-electron chi connectivity index (χ4n) is 2.29. The van der Waals surface area contributed by atoms with Gasteiger partial charge in [0.25, 0.3) is 0 Å². The number of amides is 1. The van der Waals surface area contributed by atoms with E-state index in [0.717, 1.165) is 13.1 Å². The summed E-state index contributed by atoms with van der Waals surface area (Å²) < 4.78 is 0. The fourth-order valence-corrected chi connectivity index (χ4v) is 2.29. The third-order valence-corrected chi connectivity index (χ3v) is 3.37. The molecule has 0 spiro atoms. The Morgan fingerprint density at radius 1 is 1.21 bits per heavy atom. The third-order valence-electron chi connectivity index (χ3n) is 3.37. The summed E-state index contributed by atoms with van der Waals surface area (Å²) in [7, 11) is 0. The molecule has 19 heavy (non-hydrogen) atoms. The van der Waals surface area contributed by atoms with E-state index < -0.39 is 12.0 Å². The van der Waals surface area contributed by atoms with Crippen LogP contribution in [0.3, 0.4) is 0 Å². The number of carboxylic acids is 1. The van der Waals surface area contributed by atoms with E-state index in [1.165, 1.54) is 0 Å². The molecule has 1 amide bonds. The molecule has 6 nitrogen and oxygen atoms in total. The lowest BCUT2D eigenvalue weighted by Gasteiger charge is -2.35. The first-order valence-corrected chi connectivity index (χ1v) is 6.88. The normalized spacial score (nSPS) is 18.6. The molecule has 1 heterocycles. The van der Waals surface area contributed by atoms with E-state index in [1.54, 1.807) is 4.90 Å². The van der Waals surface area contributed by atoms with Gasteiger partial charge in [-0.1, -0.05) is 13.8 Å². The molecule has 0 aliphatic carbocycles. The third kappa shape index (κ3) is 5.57. The molecule has 0 aromatic heterocycles. The van der Waals surface area contributed by atoms with Crippen LogP contribution in [0.15, 0.2) is 0 Å². The molecule has 1 saturated heterocycles. The topological polar surface area (TPSA) is 86.9 Å². The SMILES string of the molecule is CC(C)C[C@@H](N)C(=O)N1CCN(CCC(=O)O)CC1. The summed E-state index contributed by atoms with van der Waals surface area (Å²) in [5.74, 6) is -0.347. The number of nitrogens with zero attached hydrogens (tertiary/aromatic N) is 2. The highest BCUT2D eigenvalue weighted by Gasteiger charge is 2.25. The molecule has 1 rings (SSSR count). The molecule has 0 aromatic rings. The Kier molecular flexibility index (Phi) is 6.24. The maximum Gasteiger partial charge on any atom is 0.304 e. The van der Waals surface area contributed by atoms with Gasteiger partial charge in [-0.05, 0) is 12.3 Å². The molecule has 6 heteroatoms. The second-order valence-electron chi connectivity index (χ2n) is 5.55. The number of aliphatic carboxylic acids is 1. The molecule has 0 saturated carbocycles. The highest BCUT2D eigenvalue weighted by molar-refractivity contribution is 5.81. The molecule has 0 aromatic carbocycles. The zero-order valence-corrected chi connectivity index (χ0v) is 11.8. The van der Waals surface area contributed by atoms with E-state index in [0.29, 0.717) is 32.0 Å². The largest absolute Gasteiger partial charge is 0.481 e. The predicted octanol–water partition coefficient (Wildman–Crippen LogP) is -0.0213. The number of carbonyl (C=O) groups is 2. The maximum absolute atomic E-state index is 12.1. The molecular weight excluding hydrogens is 246 g/mol.